The van der Waals surface area contributed by atoms with Crippen molar-refractivity contribution in [3.05, 3.63) is 57.6 Å². The Morgan fingerprint density at radius 1 is 1.24 bits per heavy atom. The van der Waals surface area contributed by atoms with E-state index in [0.717, 1.165) is 21.3 Å². The lowest BCUT2D eigenvalue weighted by molar-refractivity contribution is 0.400. The largest absolute Gasteiger partial charge is 0.508 e. The molecule has 0 saturated heterocycles. The Labute approximate surface area is 134 Å². The van der Waals surface area contributed by atoms with Crippen molar-refractivity contribution < 1.29 is 9.84 Å². The van der Waals surface area contributed by atoms with Crippen molar-refractivity contribution in [1.29, 1.82) is 0 Å². The molecular weight excluding hydrogens is 330 g/mol. The van der Waals surface area contributed by atoms with Gasteiger partial charge in [0.05, 0.1) is 7.11 Å². The molecule has 2 N–H and O–H groups in total. The van der Waals surface area contributed by atoms with Crippen molar-refractivity contribution in [2.45, 2.75) is 26.4 Å². The van der Waals surface area contributed by atoms with Crippen LogP contribution in [0, 0.1) is 6.92 Å². The standard InChI is InChI=1S/C17H20BrNO2/c1-11-4-7-17(21-3)15(8-11)12(2)19-10-13-9-14(18)5-6-16(13)20/h4-9,12,19-20H,10H2,1-3H3/t12-/m0/s1. The zero-order valence-corrected chi connectivity index (χ0v) is 14.1. The number of ether oxygens (including phenoxy) is 1. The highest BCUT2D eigenvalue weighted by Gasteiger charge is 2.12. The number of hydrogen-bond donors (Lipinski definition) is 2. The quantitative estimate of drug-likeness (QED) is 0.844. The fraction of sp³-hybridized carbons (Fsp3) is 0.294. The summed E-state index contributed by atoms with van der Waals surface area (Å²) in [5, 5.41) is 13.3. The van der Waals surface area contributed by atoms with Crippen LogP contribution in [0.25, 0.3) is 0 Å². The SMILES string of the molecule is COc1ccc(C)cc1[C@H](C)NCc1cc(Br)ccc1O. The summed E-state index contributed by atoms with van der Waals surface area (Å²) in [6, 6.07) is 11.7. The van der Waals surface area contributed by atoms with Crippen molar-refractivity contribution >= 4 is 15.9 Å². The zero-order chi connectivity index (χ0) is 15.4. The summed E-state index contributed by atoms with van der Waals surface area (Å²) in [5.41, 5.74) is 3.18. The maximum absolute atomic E-state index is 9.88. The number of phenols is 1. The van der Waals surface area contributed by atoms with Crippen LogP contribution in [0.2, 0.25) is 0 Å². The van der Waals surface area contributed by atoms with E-state index >= 15 is 0 Å². The van der Waals surface area contributed by atoms with E-state index in [0.29, 0.717) is 12.3 Å². The molecule has 0 bridgehead atoms. The van der Waals surface area contributed by atoms with E-state index in [1.165, 1.54) is 5.56 Å². The molecule has 2 aromatic carbocycles. The van der Waals surface area contributed by atoms with Crippen LogP contribution in [0.3, 0.4) is 0 Å². The molecule has 0 saturated carbocycles. The number of hydrogen-bond acceptors (Lipinski definition) is 3. The summed E-state index contributed by atoms with van der Waals surface area (Å²) in [4.78, 5) is 0. The predicted molar refractivity (Wildman–Crippen MR) is 88.8 cm³/mol. The summed E-state index contributed by atoms with van der Waals surface area (Å²) in [6.07, 6.45) is 0. The van der Waals surface area contributed by atoms with Crippen LogP contribution >= 0.6 is 15.9 Å². The number of aryl methyl sites for hydroxylation is 1. The Hall–Kier alpha value is -1.52. The van der Waals surface area contributed by atoms with Gasteiger partial charge in [-0.15, -0.1) is 0 Å². The third kappa shape index (κ3) is 3.99. The smallest absolute Gasteiger partial charge is 0.123 e. The summed E-state index contributed by atoms with van der Waals surface area (Å²) >= 11 is 3.42. The molecule has 0 radical (unpaired) electrons. The number of methoxy groups -OCH3 is 1. The number of aromatic hydroxyl groups is 1. The Morgan fingerprint density at radius 3 is 2.71 bits per heavy atom. The summed E-state index contributed by atoms with van der Waals surface area (Å²) in [5.74, 6) is 1.17. The van der Waals surface area contributed by atoms with E-state index in [2.05, 4.69) is 41.2 Å². The Kier molecular flexibility index (Phi) is 5.26. The molecule has 0 fully saturated rings. The topological polar surface area (TPSA) is 41.5 Å². The molecular formula is C17H20BrNO2. The van der Waals surface area contributed by atoms with Gasteiger partial charge in [0.25, 0.3) is 0 Å². The number of halogens is 1. The molecule has 0 amide bonds. The lowest BCUT2D eigenvalue weighted by atomic mass is 10.0. The highest BCUT2D eigenvalue weighted by molar-refractivity contribution is 9.10. The molecule has 0 unspecified atom stereocenters. The molecule has 1 atom stereocenters. The Balaban J connectivity index is 2.13. The van der Waals surface area contributed by atoms with Crippen LogP contribution in [0.15, 0.2) is 40.9 Å². The second-order valence-corrected chi connectivity index (χ2v) is 6.04. The van der Waals surface area contributed by atoms with Gasteiger partial charge < -0.3 is 15.2 Å². The van der Waals surface area contributed by atoms with Crippen LogP contribution in [-0.4, -0.2) is 12.2 Å². The first-order chi connectivity index (χ1) is 10.0. The van der Waals surface area contributed by atoms with Gasteiger partial charge in [-0.2, -0.15) is 0 Å². The first-order valence-corrected chi connectivity index (χ1v) is 7.66. The van der Waals surface area contributed by atoms with E-state index < -0.39 is 0 Å². The molecule has 3 nitrogen and oxygen atoms in total. The van der Waals surface area contributed by atoms with Gasteiger partial charge in [-0.05, 0) is 38.1 Å². The monoisotopic (exact) mass is 349 g/mol. The maximum Gasteiger partial charge on any atom is 0.123 e. The molecule has 0 aromatic heterocycles. The number of benzene rings is 2. The average molecular weight is 350 g/mol. The van der Waals surface area contributed by atoms with Gasteiger partial charge in [0, 0.05) is 28.2 Å². The van der Waals surface area contributed by atoms with Crippen LogP contribution in [0.1, 0.15) is 29.7 Å². The fourth-order valence-corrected chi connectivity index (χ4v) is 2.67. The van der Waals surface area contributed by atoms with Gasteiger partial charge in [-0.3, -0.25) is 0 Å². The second-order valence-electron chi connectivity index (χ2n) is 5.12. The highest BCUT2D eigenvalue weighted by Crippen LogP contribution is 2.27. The van der Waals surface area contributed by atoms with E-state index in [1.54, 1.807) is 13.2 Å². The molecule has 0 aliphatic carbocycles. The molecule has 112 valence electrons. The van der Waals surface area contributed by atoms with Gasteiger partial charge in [-0.25, -0.2) is 0 Å². The highest BCUT2D eigenvalue weighted by atomic mass is 79.9. The van der Waals surface area contributed by atoms with Crippen molar-refractivity contribution in [3.8, 4) is 11.5 Å². The van der Waals surface area contributed by atoms with Gasteiger partial charge in [0.15, 0.2) is 0 Å². The summed E-state index contributed by atoms with van der Waals surface area (Å²) < 4.78 is 6.38. The summed E-state index contributed by atoms with van der Waals surface area (Å²) in [6.45, 7) is 4.74. The molecule has 4 heteroatoms. The van der Waals surface area contributed by atoms with Gasteiger partial charge in [0.2, 0.25) is 0 Å². The number of nitrogens with one attached hydrogen (secondary N) is 1. The minimum Gasteiger partial charge on any atom is -0.508 e. The normalized spacial score (nSPS) is 12.2. The second kappa shape index (κ2) is 6.96. The Morgan fingerprint density at radius 2 is 2.00 bits per heavy atom. The third-order valence-corrected chi connectivity index (χ3v) is 3.99. The fourth-order valence-electron chi connectivity index (χ4n) is 2.26. The van der Waals surface area contributed by atoms with E-state index in [9.17, 15) is 5.11 Å². The molecule has 0 heterocycles. The molecule has 2 rings (SSSR count). The molecule has 2 aromatic rings. The van der Waals surface area contributed by atoms with Crippen molar-refractivity contribution in [1.82, 2.24) is 5.32 Å². The van der Waals surface area contributed by atoms with Gasteiger partial charge in [0.1, 0.15) is 11.5 Å². The predicted octanol–water partition coefficient (Wildman–Crippen LogP) is 4.32. The van der Waals surface area contributed by atoms with Gasteiger partial charge in [-0.1, -0.05) is 33.6 Å². The van der Waals surface area contributed by atoms with Crippen molar-refractivity contribution in [3.63, 3.8) is 0 Å². The van der Waals surface area contributed by atoms with Crippen LogP contribution in [0.5, 0.6) is 11.5 Å². The molecule has 21 heavy (non-hydrogen) atoms. The Bertz CT molecular complexity index is 628. The number of rotatable bonds is 5. The molecule has 0 aliphatic heterocycles. The minimum absolute atomic E-state index is 0.123. The molecule has 0 aliphatic rings. The third-order valence-electron chi connectivity index (χ3n) is 3.49. The number of phenolic OH excluding ortho intramolecular Hbond substituents is 1. The summed E-state index contributed by atoms with van der Waals surface area (Å²) in [7, 11) is 1.68. The van der Waals surface area contributed by atoms with E-state index in [4.69, 9.17) is 4.74 Å². The van der Waals surface area contributed by atoms with E-state index in [-0.39, 0.29) is 6.04 Å². The van der Waals surface area contributed by atoms with Crippen LogP contribution < -0.4 is 10.1 Å². The van der Waals surface area contributed by atoms with Crippen LogP contribution in [0.4, 0.5) is 0 Å². The molecule has 0 spiro atoms. The van der Waals surface area contributed by atoms with E-state index in [1.807, 2.05) is 24.3 Å². The van der Waals surface area contributed by atoms with Crippen molar-refractivity contribution in [2.24, 2.45) is 0 Å². The van der Waals surface area contributed by atoms with Crippen LogP contribution in [-0.2, 0) is 6.54 Å². The lowest BCUT2D eigenvalue weighted by Crippen LogP contribution is -2.19. The lowest BCUT2D eigenvalue weighted by Gasteiger charge is -2.18. The zero-order valence-electron chi connectivity index (χ0n) is 12.5. The average Bonchev–Trinajstić information content (AvgIpc) is 2.47. The first kappa shape index (κ1) is 15.9. The minimum atomic E-state index is 0.123. The van der Waals surface area contributed by atoms with Crippen molar-refractivity contribution in [2.75, 3.05) is 7.11 Å². The van der Waals surface area contributed by atoms with Gasteiger partial charge >= 0.3 is 0 Å². The first-order valence-electron chi connectivity index (χ1n) is 6.86. The maximum atomic E-state index is 9.88.